The highest BCUT2D eigenvalue weighted by molar-refractivity contribution is 5.91. The Bertz CT molecular complexity index is 1570. The Morgan fingerprint density at radius 1 is 0.568 bits per heavy atom. The van der Waals surface area contributed by atoms with Crippen LogP contribution in [0, 0.1) is 27.7 Å². The summed E-state index contributed by atoms with van der Waals surface area (Å²) in [7, 11) is 0. The molecule has 4 aromatic rings. The van der Waals surface area contributed by atoms with E-state index in [-0.39, 0.29) is 11.1 Å². The minimum absolute atomic E-state index is 0.202. The van der Waals surface area contributed by atoms with E-state index in [0.717, 1.165) is 22.3 Å². The first kappa shape index (κ1) is 31.7. The van der Waals surface area contributed by atoms with Crippen LogP contribution in [0.15, 0.2) is 97.1 Å². The second kappa shape index (κ2) is 14.8. The molecule has 0 bridgehead atoms. The number of hydrogen-bond acceptors (Lipinski definition) is 8. The highest BCUT2D eigenvalue weighted by Crippen LogP contribution is 2.22. The van der Waals surface area contributed by atoms with E-state index < -0.39 is 42.8 Å². The van der Waals surface area contributed by atoms with Crippen molar-refractivity contribution in [2.75, 3.05) is 6.61 Å². The van der Waals surface area contributed by atoms with Gasteiger partial charge in [-0.3, -0.25) is 4.79 Å². The fourth-order valence-electron chi connectivity index (χ4n) is 4.21. The maximum absolute atomic E-state index is 13.3. The molecular formula is C36H34O8. The third-order valence-corrected chi connectivity index (χ3v) is 6.86. The van der Waals surface area contributed by atoms with Crippen LogP contribution in [0.3, 0.4) is 0 Å². The predicted octanol–water partition coefficient (Wildman–Crippen LogP) is 6.17. The zero-order chi connectivity index (χ0) is 31.6. The largest absolute Gasteiger partial charge is 0.483 e. The maximum Gasteiger partial charge on any atom is 0.338 e. The standard InChI is InChI=1S/C36H34O8/c1-23-5-13-27(14-6-23)34(38)41-22-32(42-30-19-11-26(4)12-20-30)33(44-36(40)29-17-9-25(3)10-18-29)31(21-37)43-35(39)28-15-7-24(2)8-16-28/h5-21,31-33H,22H2,1-4H3/t31-,32+,33+/m0/s1. The van der Waals surface area contributed by atoms with Gasteiger partial charge >= 0.3 is 17.9 Å². The minimum Gasteiger partial charge on any atom is -0.483 e. The second-order valence-electron chi connectivity index (χ2n) is 10.5. The van der Waals surface area contributed by atoms with Crippen LogP contribution < -0.4 is 4.74 Å². The highest BCUT2D eigenvalue weighted by atomic mass is 16.6. The van der Waals surface area contributed by atoms with Gasteiger partial charge in [0.15, 0.2) is 24.6 Å². The van der Waals surface area contributed by atoms with Gasteiger partial charge in [-0.1, -0.05) is 70.8 Å². The van der Waals surface area contributed by atoms with Crippen LogP contribution in [0.4, 0.5) is 0 Å². The van der Waals surface area contributed by atoms with E-state index in [9.17, 15) is 19.2 Å². The summed E-state index contributed by atoms with van der Waals surface area (Å²) in [6.07, 6.45) is -3.98. The number of ether oxygens (including phenoxy) is 4. The summed E-state index contributed by atoms with van der Waals surface area (Å²) in [6.45, 7) is 7.11. The first-order valence-corrected chi connectivity index (χ1v) is 14.1. The summed E-state index contributed by atoms with van der Waals surface area (Å²) in [5.41, 5.74) is 4.51. The van der Waals surface area contributed by atoms with Gasteiger partial charge in [-0.15, -0.1) is 0 Å². The van der Waals surface area contributed by atoms with E-state index in [0.29, 0.717) is 17.6 Å². The molecule has 4 rings (SSSR count). The van der Waals surface area contributed by atoms with Crippen molar-refractivity contribution in [3.05, 3.63) is 136 Å². The maximum atomic E-state index is 13.3. The van der Waals surface area contributed by atoms with E-state index in [2.05, 4.69) is 0 Å². The van der Waals surface area contributed by atoms with Crippen LogP contribution in [-0.4, -0.2) is 49.1 Å². The number of esters is 3. The molecule has 0 radical (unpaired) electrons. The van der Waals surface area contributed by atoms with Crippen molar-refractivity contribution in [1.82, 2.24) is 0 Å². The van der Waals surface area contributed by atoms with Crippen molar-refractivity contribution < 1.29 is 38.1 Å². The molecule has 3 atom stereocenters. The molecule has 0 heterocycles. The molecule has 0 aliphatic carbocycles. The third-order valence-electron chi connectivity index (χ3n) is 6.86. The van der Waals surface area contributed by atoms with Crippen molar-refractivity contribution in [1.29, 1.82) is 0 Å². The molecule has 0 saturated carbocycles. The summed E-state index contributed by atoms with van der Waals surface area (Å²) in [5, 5.41) is 0. The van der Waals surface area contributed by atoms with Crippen molar-refractivity contribution in [3.63, 3.8) is 0 Å². The molecule has 44 heavy (non-hydrogen) atoms. The molecule has 0 aromatic heterocycles. The van der Waals surface area contributed by atoms with Crippen LogP contribution in [-0.2, 0) is 19.0 Å². The van der Waals surface area contributed by atoms with Crippen LogP contribution >= 0.6 is 0 Å². The molecule has 8 heteroatoms. The number of hydrogen-bond donors (Lipinski definition) is 0. The molecule has 0 N–H and O–H groups in total. The molecular weight excluding hydrogens is 560 g/mol. The fourth-order valence-corrected chi connectivity index (χ4v) is 4.21. The topological polar surface area (TPSA) is 105 Å². The van der Waals surface area contributed by atoms with Crippen molar-refractivity contribution in [2.24, 2.45) is 0 Å². The molecule has 0 saturated heterocycles. The SMILES string of the molecule is Cc1ccc(O[C@H](COC(=O)c2ccc(C)cc2)[C@H](OC(=O)c2ccc(C)cc2)[C@H](C=O)OC(=O)c2ccc(C)cc2)cc1. The molecule has 0 fully saturated rings. The summed E-state index contributed by atoms with van der Waals surface area (Å²) in [6, 6.07) is 27.0. The Hall–Kier alpha value is -5.24. The van der Waals surface area contributed by atoms with Crippen LogP contribution in [0.1, 0.15) is 53.3 Å². The Labute approximate surface area is 256 Å². The highest BCUT2D eigenvalue weighted by Gasteiger charge is 2.39. The molecule has 0 aliphatic rings. The molecule has 0 amide bonds. The van der Waals surface area contributed by atoms with Gasteiger partial charge in [-0.05, 0) is 76.2 Å². The lowest BCUT2D eigenvalue weighted by Crippen LogP contribution is -2.49. The smallest absolute Gasteiger partial charge is 0.338 e. The van der Waals surface area contributed by atoms with E-state index in [4.69, 9.17) is 18.9 Å². The van der Waals surface area contributed by atoms with Crippen molar-refractivity contribution >= 4 is 24.2 Å². The van der Waals surface area contributed by atoms with Gasteiger partial charge in [0, 0.05) is 0 Å². The summed E-state index contributed by atoms with van der Waals surface area (Å²) in [4.78, 5) is 51.8. The number of aryl methyl sites for hydroxylation is 4. The van der Waals surface area contributed by atoms with Gasteiger partial charge in [0.05, 0.1) is 16.7 Å². The lowest BCUT2D eigenvalue weighted by Gasteiger charge is -2.30. The Morgan fingerprint density at radius 2 is 0.955 bits per heavy atom. The first-order chi connectivity index (χ1) is 21.1. The van der Waals surface area contributed by atoms with Gasteiger partial charge in [0.1, 0.15) is 12.4 Å². The average Bonchev–Trinajstić information content (AvgIpc) is 3.02. The Morgan fingerprint density at radius 3 is 1.39 bits per heavy atom. The van der Waals surface area contributed by atoms with Crippen molar-refractivity contribution in [3.8, 4) is 5.75 Å². The molecule has 0 aliphatic heterocycles. The van der Waals surface area contributed by atoms with Crippen LogP contribution in [0.5, 0.6) is 5.75 Å². The average molecular weight is 595 g/mol. The summed E-state index contributed by atoms with van der Waals surface area (Å²) in [5.74, 6) is -1.87. The van der Waals surface area contributed by atoms with E-state index in [1.807, 2.05) is 39.8 Å². The minimum atomic E-state index is -1.60. The van der Waals surface area contributed by atoms with E-state index in [1.165, 1.54) is 0 Å². The van der Waals surface area contributed by atoms with E-state index in [1.54, 1.807) is 84.9 Å². The number of carbonyl (C=O) groups excluding carboxylic acids is 4. The van der Waals surface area contributed by atoms with Gasteiger partial charge < -0.3 is 18.9 Å². The van der Waals surface area contributed by atoms with Gasteiger partial charge in [-0.25, -0.2) is 14.4 Å². The summed E-state index contributed by atoms with van der Waals surface area (Å²) >= 11 is 0. The normalized spacial score (nSPS) is 12.7. The lowest BCUT2D eigenvalue weighted by atomic mass is 10.1. The zero-order valence-electron chi connectivity index (χ0n) is 25.0. The number of aldehydes is 1. The van der Waals surface area contributed by atoms with Gasteiger partial charge in [0.2, 0.25) is 0 Å². The van der Waals surface area contributed by atoms with Gasteiger partial charge in [-0.2, -0.15) is 0 Å². The first-order valence-electron chi connectivity index (χ1n) is 14.1. The van der Waals surface area contributed by atoms with Crippen molar-refractivity contribution in [2.45, 2.75) is 46.0 Å². The number of rotatable bonds is 12. The van der Waals surface area contributed by atoms with Crippen LogP contribution in [0.2, 0.25) is 0 Å². The lowest BCUT2D eigenvalue weighted by molar-refractivity contribution is -0.129. The van der Waals surface area contributed by atoms with Crippen LogP contribution in [0.25, 0.3) is 0 Å². The molecule has 0 spiro atoms. The molecule has 0 unspecified atom stereocenters. The monoisotopic (exact) mass is 594 g/mol. The second-order valence-corrected chi connectivity index (χ2v) is 10.5. The fraction of sp³-hybridized carbons (Fsp3) is 0.222. The molecule has 226 valence electrons. The number of carbonyl (C=O) groups is 4. The van der Waals surface area contributed by atoms with Gasteiger partial charge in [0.25, 0.3) is 0 Å². The predicted molar refractivity (Wildman–Crippen MR) is 164 cm³/mol. The van der Waals surface area contributed by atoms with E-state index >= 15 is 0 Å². The number of benzene rings is 4. The molecule has 8 nitrogen and oxygen atoms in total. The third kappa shape index (κ3) is 8.64. The Kier molecular flexibility index (Phi) is 10.6. The molecule has 4 aromatic carbocycles. The summed E-state index contributed by atoms with van der Waals surface area (Å²) < 4.78 is 23.2. The quantitative estimate of drug-likeness (QED) is 0.109. The Balaban J connectivity index is 1.68. The zero-order valence-corrected chi connectivity index (χ0v) is 25.0.